The zero-order valence-electron chi connectivity index (χ0n) is 20.3. The van der Waals surface area contributed by atoms with Crippen molar-refractivity contribution in [1.29, 1.82) is 0 Å². The lowest BCUT2D eigenvalue weighted by Gasteiger charge is -2.34. The van der Waals surface area contributed by atoms with Gasteiger partial charge in [0.25, 0.3) is 5.91 Å². The number of rotatable bonds is 6. The first-order valence-electron chi connectivity index (χ1n) is 11.8. The van der Waals surface area contributed by atoms with Gasteiger partial charge in [0.05, 0.1) is 12.7 Å². The number of nitrogens with one attached hydrogen (secondary N) is 1. The van der Waals surface area contributed by atoms with Gasteiger partial charge in [0.15, 0.2) is 0 Å². The van der Waals surface area contributed by atoms with Crippen molar-refractivity contribution in [3.63, 3.8) is 0 Å². The average molecular weight is 474 g/mol. The molecule has 3 aromatic rings. The highest BCUT2D eigenvalue weighted by Gasteiger charge is 2.21. The van der Waals surface area contributed by atoms with Crippen LogP contribution in [0.3, 0.4) is 0 Å². The van der Waals surface area contributed by atoms with E-state index < -0.39 is 6.09 Å². The second kappa shape index (κ2) is 10.5. The molecule has 2 amide bonds. The van der Waals surface area contributed by atoms with Gasteiger partial charge in [-0.2, -0.15) is 0 Å². The number of methoxy groups -OCH3 is 1. The molecule has 0 spiro atoms. The Balaban J connectivity index is 1.52. The number of ether oxygens (including phenoxy) is 1. The number of anilines is 2. The quantitative estimate of drug-likeness (QED) is 0.491. The zero-order chi connectivity index (χ0) is 24.9. The molecule has 35 heavy (non-hydrogen) atoms. The van der Waals surface area contributed by atoms with E-state index in [1.54, 1.807) is 13.2 Å². The largest absolute Gasteiger partial charge is 0.496 e. The van der Waals surface area contributed by atoms with Gasteiger partial charge in [-0.3, -0.25) is 4.79 Å². The van der Waals surface area contributed by atoms with Crippen molar-refractivity contribution < 1.29 is 19.4 Å². The zero-order valence-corrected chi connectivity index (χ0v) is 20.3. The number of carbonyl (C=O) groups is 2. The van der Waals surface area contributed by atoms with Crippen LogP contribution in [0.15, 0.2) is 66.7 Å². The Morgan fingerprint density at radius 2 is 1.57 bits per heavy atom. The molecule has 0 bridgehead atoms. The van der Waals surface area contributed by atoms with Gasteiger partial charge in [-0.25, -0.2) is 4.79 Å². The summed E-state index contributed by atoms with van der Waals surface area (Å²) in [5, 5.41) is 12.1. The van der Waals surface area contributed by atoms with Crippen LogP contribution in [0.1, 0.15) is 35.7 Å². The van der Waals surface area contributed by atoms with E-state index in [9.17, 15) is 9.59 Å². The summed E-state index contributed by atoms with van der Waals surface area (Å²) in [6, 6.07) is 21.4. The molecule has 7 nitrogen and oxygen atoms in total. The molecule has 0 radical (unpaired) electrons. The van der Waals surface area contributed by atoms with Gasteiger partial charge in [-0.05, 0) is 53.4 Å². The maximum atomic E-state index is 13.3. The van der Waals surface area contributed by atoms with Crippen molar-refractivity contribution in [2.24, 2.45) is 0 Å². The predicted molar refractivity (Wildman–Crippen MR) is 139 cm³/mol. The Bertz CT molecular complexity index is 1180. The van der Waals surface area contributed by atoms with Crippen LogP contribution < -0.4 is 15.0 Å². The molecular formula is C28H31N3O4. The standard InChI is InChI=1S/C28H31N3O4/c1-19(2)20-7-9-21(10-8-20)26-24(5-4-6-25(26)35-3)27(32)29-22-11-13-23(14-12-22)30-15-17-31(18-16-30)28(33)34/h4-14,19H,15-18H2,1-3H3,(H,29,32)(H,33,34). The Kier molecular flexibility index (Phi) is 7.25. The molecule has 1 fully saturated rings. The fraction of sp³-hybridized carbons (Fsp3) is 0.286. The SMILES string of the molecule is COc1cccc(C(=O)Nc2ccc(N3CCN(C(=O)O)CC3)cc2)c1-c1ccc(C(C)C)cc1. The lowest BCUT2D eigenvalue weighted by Crippen LogP contribution is -2.48. The summed E-state index contributed by atoms with van der Waals surface area (Å²) < 4.78 is 5.60. The topological polar surface area (TPSA) is 82.1 Å². The van der Waals surface area contributed by atoms with Gasteiger partial charge < -0.3 is 25.0 Å². The highest BCUT2D eigenvalue weighted by molar-refractivity contribution is 6.09. The average Bonchev–Trinajstić information content (AvgIpc) is 2.88. The molecule has 1 aliphatic heterocycles. The van der Waals surface area contributed by atoms with Crippen LogP contribution in [0.5, 0.6) is 5.75 Å². The first-order chi connectivity index (χ1) is 16.9. The second-order valence-corrected chi connectivity index (χ2v) is 8.92. The number of hydrogen-bond acceptors (Lipinski definition) is 4. The van der Waals surface area contributed by atoms with E-state index in [1.165, 1.54) is 10.5 Å². The molecule has 0 aliphatic carbocycles. The molecule has 4 rings (SSSR count). The second-order valence-electron chi connectivity index (χ2n) is 8.92. The van der Waals surface area contributed by atoms with Gasteiger partial charge in [0.1, 0.15) is 5.75 Å². The summed E-state index contributed by atoms with van der Waals surface area (Å²) >= 11 is 0. The highest BCUT2D eigenvalue weighted by atomic mass is 16.5. The van der Waals surface area contributed by atoms with E-state index in [0.29, 0.717) is 49.1 Å². The fourth-order valence-electron chi connectivity index (χ4n) is 4.33. The third-order valence-electron chi connectivity index (χ3n) is 6.40. The van der Waals surface area contributed by atoms with Gasteiger partial charge in [0, 0.05) is 43.1 Å². The van der Waals surface area contributed by atoms with E-state index in [1.807, 2.05) is 48.5 Å². The molecule has 1 aliphatic rings. The van der Waals surface area contributed by atoms with Crippen LogP contribution in [0.4, 0.5) is 16.2 Å². The van der Waals surface area contributed by atoms with Crippen molar-refractivity contribution in [1.82, 2.24) is 4.90 Å². The lowest BCUT2D eigenvalue weighted by atomic mass is 9.95. The summed E-state index contributed by atoms with van der Waals surface area (Å²) in [5.41, 5.74) is 5.14. The Hall–Kier alpha value is -4.00. The van der Waals surface area contributed by atoms with E-state index >= 15 is 0 Å². The smallest absolute Gasteiger partial charge is 0.407 e. The van der Waals surface area contributed by atoms with Crippen LogP contribution in [0.25, 0.3) is 11.1 Å². The van der Waals surface area contributed by atoms with Gasteiger partial charge in [-0.1, -0.05) is 44.2 Å². The number of nitrogens with zero attached hydrogens (tertiary/aromatic N) is 2. The molecule has 182 valence electrons. The number of carbonyl (C=O) groups excluding carboxylic acids is 1. The third-order valence-corrected chi connectivity index (χ3v) is 6.40. The van der Waals surface area contributed by atoms with E-state index in [2.05, 4.69) is 36.2 Å². The number of piperazine rings is 1. The molecule has 0 saturated carbocycles. The highest BCUT2D eigenvalue weighted by Crippen LogP contribution is 2.35. The van der Waals surface area contributed by atoms with Crippen molar-refractivity contribution in [3.05, 3.63) is 77.9 Å². The summed E-state index contributed by atoms with van der Waals surface area (Å²) in [6.45, 7) is 6.53. The molecule has 1 saturated heterocycles. The first-order valence-corrected chi connectivity index (χ1v) is 11.8. The summed E-state index contributed by atoms with van der Waals surface area (Å²) in [5.74, 6) is 0.856. The van der Waals surface area contributed by atoms with Crippen molar-refractivity contribution in [3.8, 4) is 16.9 Å². The van der Waals surface area contributed by atoms with Crippen LogP contribution in [-0.4, -0.2) is 55.3 Å². The third kappa shape index (κ3) is 5.40. The molecule has 0 atom stereocenters. The van der Waals surface area contributed by atoms with Crippen LogP contribution >= 0.6 is 0 Å². The van der Waals surface area contributed by atoms with Crippen molar-refractivity contribution in [2.45, 2.75) is 19.8 Å². The molecule has 0 aromatic heterocycles. The van der Waals surface area contributed by atoms with Gasteiger partial charge in [0.2, 0.25) is 0 Å². The van der Waals surface area contributed by atoms with Crippen molar-refractivity contribution in [2.75, 3.05) is 43.5 Å². The number of hydrogen-bond donors (Lipinski definition) is 2. The maximum absolute atomic E-state index is 13.3. The number of carboxylic acid groups (broad SMARTS) is 1. The van der Waals surface area contributed by atoms with Crippen LogP contribution in [0.2, 0.25) is 0 Å². The van der Waals surface area contributed by atoms with Gasteiger partial charge >= 0.3 is 6.09 Å². The Morgan fingerprint density at radius 3 is 2.14 bits per heavy atom. The molecule has 2 N–H and O–H groups in total. The first kappa shape index (κ1) is 24.1. The monoisotopic (exact) mass is 473 g/mol. The molecule has 1 heterocycles. The van der Waals surface area contributed by atoms with Crippen LogP contribution in [-0.2, 0) is 0 Å². The molecule has 7 heteroatoms. The van der Waals surface area contributed by atoms with E-state index in [4.69, 9.17) is 9.84 Å². The molecule has 3 aromatic carbocycles. The van der Waals surface area contributed by atoms with E-state index in [-0.39, 0.29) is 5.91 Å². The number of benzene rings is 3. The Morgan fingerprint density at radius 1 is 0.914 bits per heavy atom. The van der Waals surface area contributed by atoms with Crippen LogP contribution in [0, 0.1) is 0 Å². The fourth-order valence-corrected chi connectivity index (χ4v) is 4.33. The van der Waals surface area contributed by atoms with E-state index in [0.717, 1.165) is 16.8 Å². The Labute approximate surface area is 205 Å². The van der Waals surface area contributed by atoms with Gasteiger partial charge in [-0.15, -0.1) is 0 Å². The maximum Gasteiger partial charge on any atom is 0.407 e. The minimum Gasteiger partial charge on any atom is -0.496 e. The summed E-state index contributed by atoms with van der Waals surface area (Å²) in [6.07, 6.45) is -0.879. The minimum absolute atomic E-state index is 0.213. The number of amides is 2. The summed E-state index contributed by atoms with van der Waals surface area (Å²) in [4.78, 5) is 28.0. The minimum atomic E-state index is -0.879. The summed E-state index contributed by atoms with van der Waals surface area (Å²) in [7, 11) is 1.61. The molecular weight excluding hydrogens is 442 g/mol. The molecule has 0 unspecified atom stereocenters. The normalized spacial score (nSPS) is 13.6. The lowest BCUT2D eigenvalue weighted by molar-refractivity contribution is 0.102. The predicted octanol–water partition coefficient (Wildman–Crippen LogP) is 5.54. The van der Waals surface area contributed by atoms with Crippen molar-refractivity contribution >= 4 is 23.4 Å².